The van der Waals surface area contributed by atoms with E-state index in [1.165, 1.54) is 24.8 Å². The number of hydrogen-bond donors (Lipinski definition) is 1. The molecule has 4 nitrogen and oxygen atoms in total. The van der Waals surface area contributed by atoms with Crippen LogP contribution in [0.2, 0.25) is 0 Å². The smallest absolute Gasteiger partial charge is 0.223 e. The summed E-state index contributed by atoms with van der Waals surface area (Å²) in [6.45, 7) is 2.87. The maximum atomic E-state index is 12.7. The van der Waals surface area contributed by atoms with E-state index in [1.54, 1.807) is 0 Å². The van der Waals surface area contributed by atoms with E-state index in [0.29, 0.717) is 0 Å². The molecule has 1 N–H and O–H groups in total. The second-order valence-electron chi connectivity index (χ2n) is 6.76. The van der Waals surface area contributed by atoms with E-state index in [4.69, 9.17) is 0 Å². The molecule has 1 aromatic heterocycles. The first kappa shape index (κ1) is 16.7. The molecule has 1 amide bonds. The predicted molar refractivity (Wildman–Crippen MR) is 95.5 cm³/mol. The van der Waals surface area contributed by atoms with Gasteiger partial charge in [-0.1, -0.05) is 49.6 Å². The minimum atomic E-state index is 0.0578. The third-order valence-corrected chi connectivity index (χ3v) is 5.08. The van der Waals surface area contributed by atoms with Gasteiger partial charge in [0.15, 0.2) is 0 Å². The van der Waals surface area contributed by atoms with Crippen LogP contribution in [0.25, 0.3) is 0 Å². The normalized spacial score (nSPS) is 16.7. The molecule has 2 aromatic rings. The summed E-state index contributed by atoms with van der Waals surface area (Å²) in [4.78, 5) is 17.0. The van der Waals surface area contributed by atoms with E-state index in [-0.39, 0.29) is 17.9 Å². The standard InChI is InChI=1S/C20H27N3O/c1-16-21-13-15-23(16)14-12-19(17-8-4-2-5-9-17)22-20(24)18-10-6-3-7-11-18/h2,4-5,8-9,13,15,18-19H,3,6-7,10-12,14H2,1H3,(H,22,24)/t19-/m0/s1. The average Bonchev–Trinajstić information content (AvgIpc) is 3.05. The Kier molecular flexibility index (Phi) is 5.68. The van der Waals surface area contributed by atoms with Gasteiger partial charge in [0.2, 0.25) is 5.91 Å². The van der Waals surface area contributed by atoms with Gasteiger partial charge >= 0.3 is 0 Å². The molecule has 1 heterocycles. The lowest BCUT2D eigenvalue weighted by Gasteiger charge is -2.25. The summed E-state index contributed by atoms with van der Waals surface area (Å²) >= 11 is 0. The van der Waals surface area contributed by atoms with Crippen LogP contribution in [0, 0.1) is 12.8 Å². The Labute approximate surface area is 144 Å². The second kappa shape index (κ2) is 8.13. The van der Waals surface area contributed by atoms with Crippen molar-refractivity contribution in [1.29, 1.82) is 0 Å². The van der Waals surface area contributed by atoms with Gasteiger partial charge in [0.25, 0.3) is 0 Å². The van der Waals surface area contributed by atoms with Gasteiger partial charge in [0.05, 0.1) is 6.04 Å². The van der Waals surface area contributed by atoms with Gasteiger partial charge in [-0.2, -0.15) is 0 Å². The number of carbonyl (C=O) groups is 1. The van der Waals surface area contributed by atoms with E-state index >= 15 is 0 Å². The molecular weight excluding hydrogens is 298 g/mol. The van der Waals surface area contributed by atoms with Gasteiger partial charge < -0.3 is 9.88 Å². The molecule has 0 radical (unpaired) electrons. The molecule has 1 atom stereocenters. The lowest BCUT2D eigenvalue weighted by atomic mass is 9.88. The van der Waals surface area contributed by atoms with Crippen LogP contribution in [0.1, 0.15) is 56.0 Å². The van der Waals surface area contributed by atoms with E-state index in [0.717, 1.165) is 31.6 Å². The number of benzene rings is 1. The SMILES string of the molecule is Cc1nccn1CC[C@H](NC(=O)C1CCCCC1)c1ccccc1. The van der Waals surface area contributed by atoms with Crippen LogP contribution in [0.3, 0.4) is 0 Å². The van der Waals surface area contributed by atoms with Gasteiger partial charge in [-0.15, -0.1) is 0 Å². The average molecular weight is 325 g/mol. The summed E-state index contributed by atoms with van der Waals surface area (Å²) in [5.41, 5.74) is 1.18. The molecule has 1 aliphatic rings. The number of aryl methyl sites for hydroxylation is 2. The number of amides is 1. The molecule has 0 unspecified atom stereocenters. The summed E-state index contributed by atoms with van der Waals surface area (Å²) in [6, 6.07) is 10.4. The van der Waals surface area contributed by atoms with Crippen molar-refractivity contribution >= 4 is 5.91 Å². The van der Waals surface area contributed by atoms with Gasteiger partial charge in [0.1, 0.15) is 5.82 Å². The maximum absolute atomic E-state index is 12.7. The molecule has 1 aromatic carbocycles. The lowest BCUT2D eigenvalue weighted by Crippen LogP contribution is -2.35. The van der Waals surface area contributed by atoms with Crippen molar-refractivity contribution in [3.63, 3.8) is 0 Å². The first-order chi connectivity index (χ1) is 11.7. The molecule has 1 saturated carbocycles. The van der Waals surface area contributed by atoms with Gasteiger partial charge in [-0.3, -0.25) is 4.79 Å². The highest BCUT2D eigenvalue weighted by Gasteiger charge is 2.24. The fraction of sp³-hybridized carbons (Fsp3) is 0.500. The van der Waals surface area contributed by atoms with Crippen molar-refractivity contribution in [2.45, 2.75) is 58.0 Å². The molecule has 1 fully saturated rings. The van der Waals surface area contributed by atoms with Crippen LogP contribution in [-0.2, 0) is 11.3 Å². The fourth-order valence-electron chi connectivity index (χ4n) is 3.57. The van der Waals surface area contributed by atoms with Crippen molar-refractivity contribution in [3.05, 3.63) is 54.1 Å². The monoisotopic (exact) mass is 325 g/mol. The highest BCUT2D eigenvalue weighted by atomic mass is 16.1. The topological polar surface area (TPSA) is 46.9 Å². The maximum Gasteiger partial charge on any atom is 0.223 e. The third kappa shape index (κ3) is 4.25. The molecule has 1 aliphatic carbocycles. The minimum absolute atomic E-state index is 0.0578. The molecular formula is C20H27N3O. The second-order valence-corrected chi connectivity index (χ2v) is 6.76. The number of nitrogens with zero attached hydrogens (tertiary/aromatic N) is 2. The summed E-state index contributed by atoms with van der Waals surface area (Å²) in [5, 5.41) is 3.31. The van der Waals surface area contributed by atoms with Crippen LogP contribution < -0.4 is 5.32 Å². The quantitative estimate of drug-likeness (QED) is 0.872. The summed E-state index contributed by atoms with van der Waals surface area (Å²) < 4.78 is 2.14. The number of imidazole rings is 1. The van der Waals surface area contributed by atoms with Crippen molar-refractivity contribution < 1.29 is 4.79 Å². The van der Waals surface area contributed by atoms with E-state index in [1.807, 2.05) is 37.5 Å². The van der Waals surface area contributed by atoms with Crippen LogP contribution in [0.15, 0.2) is 42.7 Å². The Morgan fingerprint density at radius 2 is 2.00 bits per heavy atom. The highest BCUT2D eigenvalue weighted by molar-refractivity contribution is 5.79. The first-order valence-corrected chi connectivity index (χ1v) is 9.07. The van der Waals surface area contributed by atoms with Crippen LogP contribution >= 0.6 is 0 Å². The van der Waals surface area contributed by atoms with Crippen molar-refractivity contribution in [3.8, 4) is 0 Å². The Morgan fingerprint density at radius 1 is 1.25 bits per heavy atom. The van der Waals surface area contributed by atoms with Gasteiger partial charge in [0, 0.05) is 24.9 Å². The van der Waals surface area contributed by atoms with E-state index in [2.05, 4.69) is 27.0 Å². The predicted octanol–water partition coefficient (Wildman–Crippen LogP) is 4.02. The minimum Gasteiger partial charge on any atom is -0.349 e. The number of carbonyl (C=O) groups excluding carboxylic acids is 1. The van der Waals surface area contributed by atoms with E-state index in [9.17, 15) is 4.79 Å². The molecule has 0 bridgehead atoms. The Balaban J connectivity index is 1.67. The molecule has 0 spiro atoms. The summed E-state index contributed by atoms with van der Waals surface area (Å²) in [5.74, 6) is 1.44. The third-order valence-electron chi connectivity index (χ3n) is 5.08. The highest BCUT2D eigenvalue weighted by Crippen LogP contribution is 2.25. The molecule has 0 aliphatic heterocycles. The summed E-state index contributed by atoms with van der Waals surface area (Å²) in [6.07, 6.45) is 10.4. The Bertz CT molecular complexity index is 644. The first-order valence-electron chi connectivity index (χ1n) is 9.07. The number of aromatic nitrogens is 2. The van der Waals surface area contributed by atoms with Crippen LogP contribution in [0.4, 0.5) is 0 Å². The number of rotatable bonds is 6. The van der Waals surface area contributed by atoms with Crippen LogP contribution in [0.5, 0.6) is 0 Å². The van der Waals surface area contributed by atoms with Crippen molar-refractivity contribution in [1.82, 2.24) is 14.9 Å². The lowest BCUT2D eigenvalue weighted by molar-refractivity contribution is -0.126. The zero-order valence-electron chi connectivity index (χ0n) is 14.4. The molecule has 3 rings (SSSR count). The molecule has 24 heavy (non-hydrogen) atoms. The largest absolute Gasteiger partial charge is 0.349 e. The Hall–Kier alpha value is -2.10. The van der Waals surface area contributed by atoms with Gasteiger partial charge in [-0.25, -0.2) is 4.98 Å². The zero-order valence-corrected chi connectivity index (χ0v) is 14.4. The van der Waals surface area contributed by atoms with Gasteiger partial charge in [-0.05, 0) is 31.7 Å². The molecule has 128 valence electrons. The zero-order chi connectivity index (χ0) is 16.8. The number of nitrogens with one attached hydrogen (secondary N) is 1. The van der Waals surface area contributed by atoms with Crippen molar-refractivity contribution in [2.75, 3.05) is 0 Å². The van der Waals surface area contributed by atoms with Crippen LogP contribution in [-0.4, -0.2) is 15.5 Å². The summed E-state index contributed by atoms with van der Waals surface area (Å²) in [7, 11) is 0. The number of hydrogen-bond acceptors (Lipinski definition) is 2. The van der Waals surface area contributed by atoms with E-state index < -0.39 is 0 Å². The van der Waals surface area contributed by atoms with Crippen molar-refractivity contribution in [2.24, 2.45) is 5.92 Å². The molecule has 0 saturated heterocycles. The Morgan fingerprint density at radius 3 is 2.67 bits per heavy atom. The molecule has 4 heteroatoms. The fourth-order valence-corrected chi connectivity index (χ4v) is 3.57.